The summed E-state index contributed by atoms with van der Waals surface area (Å²) < 4.78 is 5.34. The molecular weight excluding hydrogens is 228 g/mol. The molecule has 0 aromatic heterocycles. The van der Waals surface area contributed by atoms with Crippen molar-refractivity contribution in [2.75, 3.05) is 6.61 Å². The molecule has 0 unspecified atom stereocenters. The van der Waals surface area contributed by atoms with Gasteiger partial charge in [0, 0.05) is 13.5 Å². The van der Waals surface area contributed by atoms with Gasteiger partial charge < -0.3 is 9.84 Å². The van der Waals surface area contributed by atoms with Crippen molar-refractivity contribution in [3.05, 3.63) is 35.9 Å². The van der Waals surface area contributed by atoms with Crippen LogP contribution in [0.1, 0.15) is 32.3 Å². The van der Waals surface area contributed by atoms with Gasteiger partial charge in [-0.25, -0.2) is 0 Å². The summed E-state index contributed by atoms with van der Waals surface area (Å²) in [4.78, 5) is 11.1. The predicted molar refractivity (Wildman–Crippen MR) is 71.2 cm³/mol. The van der Waals surface area contributed by atoms with E-state index in [0.717, 1.165) is 6.42 Å². The third-order valence-electron chi connectivity index (χ3n) is 3.00. The van der Waals surface area contributed by atoms with E-state index in [1.807, 2.05) is 18.2 Å². The zero-order chi connectivity index (χ0) is 13.4. The molecule has 0 fully saturated rings. The average molecular weight is 250 g/mol. The molecule has 0 bridgehead atoms. The summed E-state index contributed by atoms with van der Waals surface area (Å²) in [7, 11) is 0. The molecule has 0 aliphatic rings. The number of benzene rings is 1. The average Bonchev–Trinajstić information content (AvgIpc) is 2.35. The van der Waals surface area contributed by atoms with Gasteiger partial charge in [-0.3, -0.25) is 4.79 Å². The van der Waals surface area contributed by atoms with Gasteiger partial charge in [-0.1, -0.05) is 37.3 Å². The van der Waals surface area contributed by atoms with Crippen LogP contribution in [0, 0.1) is 5.92 Å². The number of carbonyl (C=O) groups is 1. The molecule has 0 heterocycles. The highest BCUT2D eigenvalue weighted by molar-refractivity contribution is 5.66. The molecule has 3 nitrogen and oxygen atoms in total. The molecule has 2 atom stereocenters. The predicted octanol–water partition coefficient (Wildman–Crippen LogP) is 2.57. The Morgan fingerprint density at radius 2 is 2.00 bits per heavy atom. The van der Waals surface area contributed by atoms with Crippen molar-refractivity contribution >= 4 is 5.97 Å². The van der Waals surface area contributed by atoms with Gasteiger partial charge in [0.25, 0.3) is 0 Å². The lowest BCUT2D eigenvalue weighted by Crippen LogP contribution is -2.26. The van der Waals surface area contributed by atoms with Gasteiger partial charge in [-0.05, 0) is 30.7 Å². The van der Waals surface area contributed by atoms with Crippen molar-refractivity contribution in [1.82, 2.24) is 0 Å². The zero-order valence-electron chi connectivity index (χ0n) is 11.1. The van der Waals surface area contributed by atoms with Crippen LogP contribution in [0.5, 0.6) is 0 Å². The summed E-state index contributed by atoms with van der Waals surface area (Å²) in [5.74, 6) is 0.000650. The summed E-state index contributed by atoms with van der Waals surface area (Å²) in [6.07, 6.45) is 2.14. The van der Waals surface area contributed by atoms with Crippen LogP contribution in [0.15, 0.2) is 30.3 Å². The Bertz CT molecular complexity index is 348. The first-order valence-corrected chi connectivity index (χ1v) is 6.45. The molecule has 0 amide bonds. The molecule has 1 aromatic carbocycles. The number of aliphatic hydroxyl groups is 1. The highest BCUT2D eigenvalue weighted by atomic mass is 16.5. The van der Waals surface area contributed by atoms with Gasteiger partial charge in [-0.2, -0.15) is 0 Å². The minimum absolute atomic E-state index is 0.116. The van der Waals surface area contributed by atoms with Crippen molar-refractivity contribution in [3.63, 3.8) is 0 Å². The van der Waals surface area contributed by atoms with Crippen LogP contribution in [0.3, 0.4) is 0 Å². The normalized spacial score (nSPS) is 13.9. The van der Waals surface area contributed by atoms with E-state index in [9.17, 15) is 4.79 Å². The van der Waals surface area contributed by atoms with Gasteiger partial charge in [0.15, 0.2) is 0 Å². The number of rotatable bonds is 7. The fourth-order valence-corrected chi connectivity index (χ4v) is 2.08. The Hall–Kier alpha value is -1.35. The van der Waals surface area contributed by atoms with Crippen molar-refractivity contribution in [1.29, 1.82) is 0 Å². The third kappa shape index (κ3) is 5.32. The maximum absolute atomic E-state index is 11.1. The first-order chi connectivity index (χ1) is 8.63. The van der Waals surface area contributed by atoms with Crippen LogP contribution in [0.4, 0.5) is 0 Å². The molecule has 3 heteroatoms. The molecule has 0 radical (unpaired) electrons. The molecule has 1 aromatic rings. The molecule has 0 spiro atoms. The lowest BCUT2D eigenvalue weighted by atomic mass is 9.93. The maximum Gasteiger partial charge on any atom is 0.302 e. The van der Waals surface area contributed by atoms with E-state index < -0.39 is 0 Å². The Kier molecular flexibility index (Phi) is 6.44. The molecule has 0 saturated heterocycles. The van der Waals surface area contributed by atoms with Crippen LogP contribution in [0.25, 0.3) is 0 Å². The smallest absolute Gasteiger partial charge is 0.302 e. The molecule has 18 heavy (non-hydrogen) atoms. The second kappa shape index (κ2) is 7.88. The number of carbonyl (C=O) groups excluding carboxylic acids is 1. The fourth-order valence-electron chi connectivity index (χ4n) is 2.08. The summed E-state index contributed by atoms with van der Waals surface area (Å²) in [5, 5.41) is 8.88. The lowest BCUT2D eigenvalue weighted by Gasteiger charge is -2.23. The number of ether oxygens (including phenoxy) is 1. The van der Waals surface area contributed by atoms with E-state index in [-0.39, 0.29) is 24.6 Å². The van der Waals surface area contributed by atoms with Gasteiger partial charge >= 0.3 is 5.97 Å². The minimum Gasteiger partial charge on any atom is -0.462 e. The van der Waals surface area contributed by atoms with E-state index in [1.54, 1.807) is 0 Å². The lowest BCUT2D eigenvalue weighted by molar-refractivity contribution is -0.149. The molecule has 100 valence electrons. The van der Waals surface area contributed by atoms with Crippen LogP contribution < -0.4 is 0 Å². The van der Waals surface area contributed by atoms with E-state index in [2.05, 4.69) is 19.1 Å². The highest BCUT2D eigenvalue weighted by Gasteiger charge is 2.20. The molecule has 0 aliphatic heterocycles. The molecule has 0 saturated carbocycles. The van der Waals surface area contributed by atoms with Gasteiger partial charge in [0.2, 0.25) is 0 Å². The molecular formula is C15H22O3. The highest BCUT2D eigenvalue weighted by Crippen LogP contribution is 2.18. The summed E-state index contributed by atoms with van der Waals surface area (Å²) in [6.45, 7) is 3.65. The van der Waals surface area contributed by atoms with Gasteiger partial charge in [-0.15, -0.1) is 0 Å². The molecule has 1 rings (SSSR count). The Morgan fingerprint density at radius 1 is 1.33 bits per heavy atom. The van der Waals surface area contributed by atoms with E-state index in [4.69, 9.17) is 9.84 Å². The number of hydrogen-bond donors (Lipinski definition) is 1. The Balaban J connectivity index is 2.57. The quantitative estimate of drug-likeness (QED) is 0.756. The second-order valence-electron chi connectivity index (χ2n) is 4.68. The Morgan fingerprint density at radius 3 is 2.56 bits per heavy atom. The minimum atomic E-state index is -0.252. The number of aliphatic hydroxyl groups excluding tert-OH is 1. The van der Waals surface area contributed by atoms with E-state index in [1.165, 1.54) is 12.5 Å². The van der Waals surface area contributed by atoms with Crippen LogP contribution in [-0.4, -0.2) is 23.8 Å². The third-order valence-corrected chi connectivity index (χ3v) is 3.00. The van der Waals surface area contributed by atoms with E-state index >= 15 is 0 Å². The first kappa shape index (κ1) is 14.7. The largest absolute Gasteiger partial charge is 0.462 e. The van der Waals surface area contributed by atoms with Gasteiger partial charge in [0.05, 0.1) is 0 Å². The topological polar surface area (TPSA) is 46.5 Å². The molecule has 1 N–H and O–H groups in total. The standard InChI is InChI=1S/C15H22O3/c1-12(11-14-7-4-3-5-8-14)15(9-6-10-16)18-13(2)17/h3-5,7-8,12,15-16H,6,9-11H2,1-2H3/t12-,15-/m0/s1. The fraction of sp³-hybridized carbons (Fsp3) is 0.533. The van der Waals surface area contributed by atoms with Crippen molar-refractivity contribution < 1.29 is 14.6 Å². The monoisotopic (exact) mass is 250 g/mol. The summed E-state index contributed by atoms with van der Waals surface area (Å²) >= 11 is 0. The molecule has 0 aliphatic carbocycles. The van der Waals surface area contributed by atoms with Crippen molar-refractivity contribution in [2.24, 2.45) is 5.92 Å². The zero-order valence-corrected chi connectivity index (χ0v) is 11.1. The number of esters is 1. The van der Waals surface area contributed by atoms with Crippen LogP contribution in [0.2, 0.25) is 0 Å². The second-order valence-corrected chi connectivity index (χ2v) is 4.68. The maximum atomic E-state index is 11.1. The number of hydrogen-bond acceptors (Lipinski definition) is 3. The van der Waals surface area contributed by atoms with Crippen molar-refractivity contribution in [3.8, 4) is 0 Å². The van der Waals surface area contributed by atoms with Crippen LogP contribution in [-0.2, 0) is 16.0 Å². The Labute approximate surface area is 109 Å². The van der Waals surface area contributed by atoms with E-state index in [0.29, 0.717) is 12.8 Å². The van der Waals surface area contributed by atoms with Crippen LogP contribution >= 0.6 is 0 Å². The summed E-state index contributed by atoms with van der Waals surface area (Å²) in [5.41, 5.74) is 1.24. The first-order valence-electron chi connectivity index (χ1n) is 6.45. The SMILES string of the molecule is CC(=O)O[C@@H](CCCO)[C@@H](C)Cc1ccccc1. The van der Waals surface area contributed by atoms with Crippen molar-refractivity contribution in [2.45, 2.75) is 39.2 Å². The summed E-state index contributed by atoms with van der Waals surface area (Å²) in [6, 6.07) is 10.2. The van der Waals surface area contributed by atoms with Gasteiger partial charge in [0.1, 0.15) is 6.10 Å².